The molecule has 3 rings (SSSR count). The second-order valence-electron chi connectivity index (χ2n) is 8.70. The lowest BCUT2D eigenvalue weighted by molar-refractivity contribution is -0.153. The first-order valence-corrected chi connectivity index (χ1v) is 12.7. The Morgan fingerprint density at radius 3 is 2.57 bits per heavy atom. The number of anilines is 1. The van der Waals surface area contributed by atoms with Gasteiger partial charge in [0.05, 0.1) is 31.0 Å². The number of hydrogen-bond acceptors (Lipinski definition) is 8. The Morgan fingerprint density at radius 1 is 1.11 bits per heavy atom. The standard InChI is InChI=1S/C25H30N4O5S/c1-6-13-34-24(30)25(3,4)14-18-9-7-8-10-19(18)20-11-12-26-16-21(20)35(31,32)29-22-23(33-5)28-17(2)15-27-22/h7-12,15-16H,6,13-14H2,1-5H3,(H,27,29). The van der Waals surface area contributed by atoms with Gasteiger partial charge in [-0.15, -0.1) is 0 Å². The van der Waals surface area contributed by atoms with E-state index in [0.717, 1.165) is 12.0 Å². The molecule has 0 bridgehead atoms. The van der Waals surface area contributed by atoms with Crippen LogP contribution in [0.15, 0.2) is 53.8 Å². The van der Waals surface area contributed by atoms with Crippen molar-refractivity contribution in [2.75, 3.05) is 18.4 Å². The number of carbonyl (C=O) groups is 1. The number of nitrogens with one attached hydrogen (secondary N) is 1. The summed E-state index contributed by atoms with van der Waals surface area (Å²) in [6.07, 6.45) is 5.35. The normalized spacial score (nSPS) is 11.7. The van der Waals surface area contributed by atoms with Crippen LogP contribution in [0.3, 0.4) is 0 Å². The zero-order valence-corrected chi connectivity index (χ0v) is 21.3. The molecule has 2 aromatic heterocycles. The summed E-state index contributed by atoms with van der Waals surface area (Å²) in [6, 6.07) is 9.01. The van der Waals surface area contributed by atoms with Crippen molar-refractivity contribution >= 4 is 21.8 Å². The fourth-order valence-electron chi connectivity index (χ4n) is 3.54. The number of methoxy groups -OCH3 is 1. The van der Waals surface area contributed by atoms with Crippen LogP contribution < -0.4 is 9.46 Å². The minimum atomic E-state index is -4.11. The maximum absolute atomic E-state index is 13.4. The average Bonchev–Trinajstić information content (AvgIpc) is 2.83. The predicted molar refractivity (Wildman–Crippen MR) is 133 cm³/mol. The Balaban J connectivity index is 2.02. The number of carbonyl (C=O) groups excluding carboxylic acids is 1. The van der Waals surface area contributed by atoms with Gasteiger partial charge in [-0.3, -0.25) is 14.5 Å². The number of pyridine rings is 1. The molecule has 0 saturated heterocycles. The van der Waals surface area contributed by atoms with E-state index in [2.05, 4.69) is 19.7 Å². The van der Waals surface area contributed by atoms with Crippen molar-refractivity contribution in [3.05, 3.63) is 60.2 Å². The minimum absolute atomic E-state index is 0.0269. The Labute approximate surface area is 206 Å². The number of rotatable bonds is 10. The highest BCUT2D eigenvalue weighted by Crippen LogP contribution is 2.34. The van der Waals surface area contributed by atoms with Gasteiger partial charge in [0, 0.05) is 18.0 Å². The molecule has 35 heavy (non-hydrogen) atoms. The van der Waals surface area contributed by atoms with Crippen LogP contribution in [-0.2, 0) is 26.0 Å². The molecule has 0 aliphatic rings. The van der Waals surface area contributed by atoms with Gasteiger partial charge in [0.2, 0.25) is 5.82 Å². The summed E-state index contributed by atoms with van der Waals surface area (Å²) in [5.41, 5.74) is 1.70. The number of aryl methyl sites for hydroxylation is 1. The maximum atomic E-state index is 13.4. The highest BCUT2D eigenvalue weighted by molar-refractivity contribution is 7.92. The van der Waals surface area contributed by atoms with Gasteiger partial charge < -0.3 is 9.47 Å². The summed E-state index contributed by atoms with van der Waals surface area (Å²) in [7, 11) is -2.72. The topological polar surface area (TPSA) is 120 Å². The molecule has 3 aromatic rings. The molecule has 2 heterocycles. The van der Waals surface area contributed by atoms with E-state index in [1.165, 1.54) is 25.7 Å². The summed E-state index contributed by atoms with van der Waals surface area (Å²) in [5, 5.41) is 0. The van der Waals surface area contributed by atoms with Gasteiger partial charge in [0.1, 0.15) is 4.90 Å². The lowest BCUT2D eigenvalue weighted by atomic mass is 9.83. The zero-order chi connectivity index (χ0) is 25.6. The highest BCUT2D eigenvalue weighted by atomic mass is 32.2. The molecular formula is C25H30N4O5S. The molecule has 1 aromatic carbocycles. The van der Waals surface area contributed by atoms with Crippen molar-refractivity contribution in [3.8, 4) is 17.0 Å². The van der Waals surface area contributed by atoms with E-state index in [-0.39, 0.29) is 22.6 Å². The Morgan fingerprint density at radius 2 is 1.86 bits per heavy atom. The van der Waals surface area contributed by atoms with Crippen LogP contribution in [0, 0.1) is 12.3 Å². The summed E-state index contributed by atoms with van der Waals surface area (Å²) in [5.74, 6) is -0.267. The van der Waals surface area contributed by atoms with E-state index in [4.69, 9.17) is 9.47 Å². The molecule has 0 unspecified atom stereocenters. The lowest BCUT2D eigenvalue weighted by Gasteiger charge is -2.24. The van der Waals surface area contributed by atoms with E-state index < -0.39 is 15.4 Å². The summed E-state index contributed by atoms with van der Waals surface area (Å²) in [6.45, 7) is 7.65. The van der Waals surface area contributed by atoms with E-state index in [0.29, 0.717) is 29.8 Å². The van der Waals surface area contributed by atoms with Crippen molar-refractivity contribution in [1.82, 2.24) is 15.0 Å². The molecule has 9 nitrogen and oxygen atoms in total. The summed E-state index contributed by atoms with van der Waals surface area (Å²) < 4.78 is 39.9. The monoisotopic (exact) mass is 498 g/mol. The van der Waals surface area contributed by atoms with Gasteiger partial charge in [-0.1, -0.05) is 31.2 Å². The number of hydrogen-bond donors (Lipinski definition) is 1. The quantitative estimate of drug-likeness (QED) is 0.413. The Bertz CT molecular complexity index is 1310. The number of aromatic nitrogens is 3. The van der Waals surface area contributed by atoms with Crippen molar-refractivity contribution in [3.63, 3.8) is 0 Å². The Kier molecular flexibility index (Phi) is 8.06. The predicted octanol–water partition coefficient (Wildman–Crippen LogP) is 4.18. The molecule has 1 N–H and O–H groups in total. The van der Waals surface area contributed by atoms with Crippen molar-refractivity contribution in [1.29, 1.82) is 0 Å². The molecular weight excluding hydrogens is 468 g/mol. The van der Waals surface area contributed by atoms with Crippen LogP contribution in [0.5, 0.6) is 5.88 Å². The molecule has 0 aliphatic heterocycles. The van der Waals surface area contributed by atoms with Crippen LogP contribution in [-0.4, -0.2) is 43.1 Å². The third kappa shape index (κ3) is 6.13. The van der Waals surface area contributed by atoms with E-state index >= 15 is 0 Å². The van der Waals surface area contributed by atoms with Gasteiger partial charge in [-0.25, -0.2) is 18.4 Å². The molecule has 0 radical (unpaired) electrons. The SMILES string of the molecule is CCCOC(=O)C(C)(C)Cc1ccccc1-c1ccncc1S(=O)(=O)Nc1ncc(C)nc1OC. The first kappa shape index (κ1) is 26.1. The molecule has 0 fully saturated rings. The smallest absolute Gasteiger partial charge is 0.311 e. The average molecular weight is 499 g/mol. The van der Waals surface area contributed by atoms with Gasteiger partial charge >= 0.3 is 5.97 Å². The minimum Gasteiger partial charge on any atom is -0.478 e. The fourth-order valence-corrected chi connectivity index (χ4v) is 4.71. The molecule has 0 amide bonds. The van der Waals surface area contributed by atoms with Crippen LogP contribution in [0.2, 0.25) is 0 Å². The zero-order valence-electron chi connectivity index (χ0n) is 20.5. The van der Waals surface area contributed by atoms with E-state index in [9.17, 15) is 13.2 Å². The van der Waals surface area contributed by atoms with Crippen molar-refractivity contribution in [2.45, 2.75) is 45.4 Å². The van der Waals surface area contributed by atoms with E-state index in [1.54, 1.807) is 13.0 Å². The number of sulfonamides is 1. The third-order valence-corrected chi connectivity index (χ3v) is 6.66. The second-order valence-corrected chi connectivity index (χ2v) is 10.4. The highest BCUT2D eigenvalue weighted by Gasteiger charge is 2.31. The van der Waals surface area contributed by atoms with Crippen LogP contribution >= 0.6 is 0 Å². The number of esters is 1. The van der Waals surface area contributed by atoms with Gasteiger partial charge in [-0.05, 0) is 50.8 Å². The first-order valence-electron chi connectivity index (χ1n) is 11.2. The lowest BCUT2D eigenvalue weighted by Crippen LogP contribution is -2.29. The second kappa shape index (κ2) is 10.8. The fraction of sp³-hybridized carbons (Fsp3) is 0.360. The van der Waals surface area contributed by atoms with Gasteiger partial charge in [0.15, 0.2) is 0 Å². The molecule has 0 atom stereocenters. The molecule has 0 aliphatic carbocycles. The van der Waals surface area contributed by atoms with Crippen molar-refractivity contribution < 1.29 is 22.7 Å². The summed E-state index contributed by atoms with van der Waals surface area (Å²) >= 11 is 0. The first-order chi connectivity index (χ1) is 16.6. The number of nitrogens with zero attached hydrogens (tertiary/aromatic N) is 3. The number of benzene rings is 1. The van der Waals surface area contributed by atoms with E-state index in [1.807, 2.05) is 45.0 Å². The molecule has 0 saturated carbocycles. The third-order valence-electron chi connectivity index (χ3n) is 5.29. The molecule has 10 heteroatoms. The maximum Gasteiger partial charge on any atom is 0.311 e. The molecule has 0 spiro atoms. The summed E-state index contributed by atoms with van der Waals surface area (Å²) in [4.78, 5) is 24.9. The van der Waals surface area contributed by atoms with Crippen molar-refractivity contribution in [2.24, 2.45) is 5.41 Å². The van der Waals surface area contributed by atoms with Gasteiger partial charge in [-0.2, -0.15) is 0 Å². The molecule has 186 valence electrons. The largest absolute Gasteiger partial charge is 0.478 e. The van der Waals surface area contributed by atoms with Crippen LogP contribution in [0.1, 0.15) is 38.4 Å². The Hall–Kier alpha value is -3.53. The van der Waals surface area contributed by atoms with Crippen LogP contribution in [0.25, 0.3) is 11.1 Å². The van der Waals surface area contributed by atoms with Gasteiger partial charge in [0.25, 0.3) is 15.9 Å². The number of ether oxygens (including phenoxy) is 2. The van der Waals surface area contributed by atoms with Crippen LogP contribution in [0.4, 0.5) is 5.82 Å².